The minimum absolute atomic E-state index is 0.00162. The van der Waals surface area contributed by atoms with Crippen LogP contribution in [-0.2, 0) is 6.61 Å². The number of halogens is 5. The maximum absolute atomic E-state index is 14.2. The lowest BCUT2D eigenvalue weighted by atomic mass is 10.1. The molecule has 33 heavy (non-hydrogen) atoms. The highest BCUT2D eigenvalue weighted by Gasteiger charge is 2.31. The van der Waals surface area contributed by atoms with Crippen LogP contribution in [-0.4, -0.2) is 37.0 Å². The molecule has 0 saturated carbocycles. The predicted molar refractivity (Wildman–Crippen MR) is 117 cm³/mol. The highest BCUT2D eigenvalue weighted by molar-refractivity contribution is 6.31. The molecule has 0 atom stereocenters. The van der Waals surface area contributed by atoms with Crippen molar-refractivity contribution in [3.8, 4) is 5.75 Å². The fourth-order valence-corrected chi connectivity index (χ4v) is 3.79. The zero-order valence-corrected chi connectivity index (χ0v) is 18.1. The van der Waals surface area contributed by atoms with Crippen LogP contribution in [0.3, 0.4) is 0 Å². The van der Waals surface area contributed by atoms with Gasteiger partial charge in [-0.05, 0) is 29.8 Å². The molecule has 0 spiro atoms. The predicted octanol–water partition coefficient (Wildman–Crippen LogP) is 5.44. The standard InChI is InChI=1S/C24H19ClF4N2O2/c25-18-19(26)21(28)23(22(29)20(18)27)30-10-12-31(13-11-30)24(32)16-6-8-17(9-7-16)33-14-15-4-2-1-3-5-15/h1-9H,10-14H2. The molecule has 0 N–H and O–H groups in total. The second-order valence-electron chi connectivity index (χ2n) is 7.50. The summed E-state index contributed by atoms with van der Waals surface area (Å²) < 4.78 is 61.7. The second kappa shape index (κ2) is 9.70. The summed E-state index contributed by atoms with van der Waals surface area (Å²) in [4.78, 5) is 15.5. The van der Waals surface area contributed by atoms with Crippen molar-refractivity contribution in [1.82, 2.24) is 4.90 Å². The van der Waals surface area contributed by atoms with Crippen LogP contribution in [0.4, 0.5) is 23.2 Å². The Morgan fingerprint density at radius 2 is 1.39 bits per heavy atom. The van der Waals surface area contributed by atoms with Gasteiger partial charge in [0, 0.05) is 31.7 Å². The average molecular weight is 479 g/mol. The molecule has 1 amide bonds. The lowest BCUT2D eigenvalue weighted by Crippen LogP contribution is -2.49. The van der Waals surface area contributed by atoms with E-state index in [1.165, 1.54) is 4.90 Å². The number of benzene rings is 3. The summed E-state index contributed by atoms with van der Waals surface area (Å²) in [6.45, 7) is 0.636. The number of amides is 1. The van der Waals surface area contributed by atoms with Gasteiger partial charge in [-0.3, -0.25) is 4.79 Å². The second-order valence-corrected chi connectivity index (χ2v) is 7.87. The number of ether oxygens (including phenoxy) is 1. The molecule has 1 heterocycles. The molecule has 4 rings (SSSR count). The Balaban J connectivity index is 1.38. The number of carbonyl (C=O) groups excluding carboxylic acids is 1. The molecule has 0 aromatic heterocycles. The Labute approximate surface area is 192 Å². The van der Waals surface area contributed by atoms with Crippen molar-refractivity contribution in [2.45, 2.75) is 6.61 Å². The van der Waals surface area contributed by atoms with E-state index in [-0.39, 0.29) is 32.1 Å². The molecule has 0 bridgehead atoms. The molecule has 3 aromatic rings. The highest BCUT2D eigenvalue weighted by Crippen LogP contribution is 2.34. The van der Waals surface area contributed by atoms with Gasteiger partial charge in [-0.1, -0.05) is 41.9 Å². The number of nitrogens with zero attached hydrogens (tertiary/aromatic N) is 2. The summed E-state index contributed by atoms with van der Waals surface area (Å²) in [7, 11) is 0. The zero-order chi connectivity index (χ0) is 23.5. The highest BCUT2D eigenvalue weighted by atomic mass is 35.5. The number of piperazine rings is 1. The number of hydrogen-bond donors (Lipinski definition) is 0. The minimum atomic E-state index is -1.64. The third kappa shape index (κ3) is 4.75. The third-order valence-corrected chi connectivity index (χ3v) is 5.75. The molecule has 9 heteroatoms. The molecule has 172 valence electrons. The third-order valence-electron chi connectivity index (χ3n) is 5.42. The van der Waals surface area contributed by atoms with Gasteiger partial charge in [-0.25, -0.2) is 17.6 Å². The van der Waals surface area contributed by atoms with E-state index < -0.39 is 34.0 Å². The summed E-state index contributed by atoms with van der Waals surface area (Å²) in [5.41, 5.74) is 0.627. The minimum Gasteiger partial charge on any atom is -0.489 e. The Bertz CT molecular complexity index is 1120. The van der Waals surface area contributed by atoms with Gasteiger partial charge in [0.05, 0.1) is 0 Å². The fourth-order valence-electron chi connectivity index (χ4n) is 3.62. The topological polar surface area (TPSA) is 32.8 Å². The Hall–Kier alpha value is -3.26. The van der Waals surface area contributed by atoms with Crippen molar-refractivity contribution in [1.29, 1.82) is 0 Å². The van der Waals surface area contributed by atoms with Gasteiger partial charge in [0.2, 0.25) is 0 Å². The SMILES string of the molecule is O=C(c1ccc(OCc2ccccc2)cc1)N1CCN(c2c(F)c(F)c(Cl)c(F)c2F)CC1. The molecule has 1 fully saturated rings. The van der Waals surface area contributed by atoms with Crippen LogP contribution in [0.5, 0.6) is 5.75 Å². The van der Waals surface area contributed by atoms with Gasteiger partial charge in [0.1, 0.15) is 23.1 Å². The average Bonchev–Trinajstić information content (AvgIpc) is 2.86. The quantitative estimate of drug-likeness (QED) is 0.278. The molecular weight excluding hydrogens is 460 g/mol. The Morgan fingerprint density at radius 1 is 0.818 bits per heavy atom. The van der Waals surface area contributed by atoms with E-state index >= 15 is 0 Å². The zero-order valence-electron chi connectivity index (χ0n) is 17.3. The molecule has 1 aliphatic rings. The maximum atomic E-state index is 14.2. The van der Waals surface area contributed by atoms with Crippen LogP contribution < -0.4 is 9.64 Å². The Morgan fingerprint density at radius 3 is 1.97 bits per heavy atom. The van der Waals surface area contributed by atoms with Gasteiger partial charge < -0.3 is 14.5 Å². The normalized spacial score (nSPS) is 13.8. The van der Waals surface area contributed by atoms with Crippen LogP contribution in [0.2, 0.25) is 5.02 Å². The molecular formula is C24H19ClF4N2O2. The van der Waals surface area contributed by atoms with E-state index in [0.717, 1.165) is 10.5 Å². The monoisotopic (exact) mass is 478 g/mol. The lowest BCUT2D eigenvalue weighted by Gasteiger charge is -2.36. The first kappa shape index (κ1) is 22.9. The van der Waals surface area contributed by atoms with Gasteiger partial charge >= 0.3 is 0 Å². The lowest BCUT2D eigenvalue weighted by molar-refractivity contribution is 0.0746. The number of rotatable bonds is 5. The number of hydrogen-bond acceptors (Lipinski definition) is 3. The fraction of sp³-hybridized carbons (Fsp3) is 0.208. The summed E-state index contributed by atoms with van der Waals surface area (Å²) >= 11 is 5.28. The van der Waals surface area contributed by atoms with Crippen molar-refractivity contribution in [3.05, 3.63) is 94.0 Å². The van der Waals surface area contributed by atoms with E-state index in [1.54, 1.807) is 24.3 Å². The molecule has 0 aliphatic carbocycles. The van der Waals surface area contributed by atoms with Crippen molar-refractivity contribution < 1.29 is 27.1 Å². The maximum Gasteiger partial charge on any atom is 0.253 e. The number of anilines is 1. The molecule has 1 saturated heterocycles. The van der Waals surface area contributed by atoms with Gasteiger partial charge in [-0.15, -0.1) is 0 Å². The first-order valence-corrected chi connectivity index (χ1v) is 10.6. The molecule has 3 aromatic carbocycles. The van der Waals surface area contributed by atoms with Gasteiger partial charge in [0.25, 0.3) is 5.91 Å². The van der Waals surface area contributed by atoms with Gasteiger partial charge in [0.15, 0.2) is 23.3 Å². The van der Waals surface area contributed by atoms with Crippen LogP contribution in [0.1, 0.15) is 15.9 Å². The van der Waals surface area contributed by atoms with E-state index in [9.17, 15) is 22.4 Å². The number of carbonyl (C=O) groups is 1. The summed E-state index contributed by atoms with van der Waals surface area (Å²) in [5, 5.41) is -1.22. The van der Waals surface area contributed by atoms with E-state index in [0.29, 0.717) is 17.9 Å². The van der Waals surface area contributed by atoms with Crippen molar-refractivity contribution >= 4 is 23.2 Å². The van der Waals surface area contributed by atoms with Crippen LogP contribution in [0.25, 0.3) is 0 Å². The molecule has 0 radical (unpaired) electrons. The molecule has 4 nitrogen and oxygen atoms in total. The Kier molecular flexibility index (Phi) is 6.74. The summed E-state index contributed by atoms with van der Waals surface area (Å²) in [5.74, 6) is -6.04. The first-order valence-electron chi connectivity index (χ1n) is 10.2. The van der Waals surface area contributed by atoms with Crippen molar-refractivity contribution in [3.63, 3.8) is 0 Å². The van der Waals surface area contributed by atoms with Crippen molar-refractivity contribution in [2.24, 2.45) is 0 Å². The van der Waals surface area contributed by atoms with Gasteiger partial charge in [-0.2, -0.15) is 0 Å². The van der Waals surface area contributed by atoms with E-state index in [1.807, 2.05) is 30.3 Å². The van der Waals surface area contributed by atoms with Crippen molar-refractivity contribution in [2.75, 3.05) is 31.1 Å². The largest absolute Gasteiger partial charge is 0.489 e. The summed E-state index contributed by atoms with van der Waals surface area (Å²) in [6, 6.07) is 16.3. The smallest absolute Gasteiger partial charge is 0.253 e. The van der Waals surface area contributed by atoms with Crippen LogP contribution in [0.15, 0.2) is 54.6 Å². The summed E-state index contributed by atoms with van der Waals surface area (Å²) in [6.07, 6.45) is 0. The van der Waals surface area contributed by atoms with Crippen LogP contribution in [0, 0.1) is 23.3 Å². The van der Waals surface area contributed by atoms with Crippen LogP contribution >= 0.6 is 11.6 Å². The van der Waals surface area contributed by atoms with E-state index in [4.69, 9.17) is 16.3 Å². The molecule has 1 aliphatic heterocycles. The first-order chi connectivity index (χ1) is 15.9. The van der Waals surface area contributed by atoms with E-state index in [2.05, 4.69) is 0 Å². The molecule has 0 unspecified atom stereocenters.